The lowest BCUT2D eigenvalue weighted by atomic mass is 10.2. The van der Waals surface area contributed by atoms with Gasteiger partial charge in [-0.15, -0.1) is 0 Å². The number of anilines is 1. The molecule has 2 N–H and O–H groups in total. The normalized spacial score (nSPS) is 10.2. The minimum Gasteiger partial charge on any atom is -0.326 e. The van der Waals surface area contributed by atoms with E-state index in [2.05, 4.69) is 10.6 Å². The summed E-state index contributed by atoms with van der Waals surface area (Å²) in [6, 6.07) is 5.47. The van der Waals surface area contributed by atoms with E-state index in [0.717, 1.165) is 17.8 Å². The van der Waals surface area contributed by atoms with E-state index in [0.29, 0.717) is 18.0 Å². The van der Waals surface area contributed by atoms with E-state index in [-0.39, 0.29) is 5.91 Å². The van der Waals surface area contributed by atoms with Crippen LogP contribution in [0.25, 0.3) is 0 Å². The summed E-state index contributed by atoms with van der Waals surface area (Å²) >= 11 is 5.86. The first kappa shape index (κ1) is 13.0. The Kier molecular flexibility index (Phi) is 5.29. The fourth-order valence-electron chi connectivity index (χ4n) is 1.32. The molecule has 0 aromatic heterocycles. The lowest BCUT2D eigenvalue weighted by molar-refractivity contribution is -0.116. The molecule has 0 saturated carbocycles. The molecule has 0 bridgehead atoms. The van der Waals surface area contributed by atoms with Crippen LogP contribution >= 0.6 is 11.6 Å². The first-order valence-electron chi connectivity index (χ1n) is 5.40. The molecule has 1 rings (SSSR count). The zero-order chi connectivity index (χ0) is 12.0. The number of rotatable bonds is 5. The largest absolute Gasteiger partial charge is 0.326 e. The quantitative estimate of drug-likeness (QED) is 0.777. The van der Waals surface area contributed by atoms with Crippen molar-refractivity contribution >= 4 is 23.2 Å². The van der Waals surface area contributed by atoms with E-state index in [1.807, 2.05) is 26.0 Å². The van der Waals surface area contributed by atoms with Gasteiger partial charge in [0, 0.05) is 23.7 Å². The number of aryl methyl sites for hydroxylation is 1. The Bertz CT molecular complexity index is 366. The molecular formula is C12H17ClN2O. The second-order valence-electron chi connectivity index (χ2n) is 3.61. The number of carbonyl (C=O) groups is 1. The molecular weight excluding hydrogens is 224 g/mol. The number of halogens is 1. The average molecular weight is 241 g/mol. The van der Waals surface area contributed by atoms with Crippen molar-refractivity contribution in [2.45, 2.75) is 20.3 Å². The van der Waals surface area contributed by atoms with Crippen molar-refractivity contribution in [1.29, 1.82) is 0 Å². The van der Waals surface area contributed by atoms with Gasteiger partial charge in [-0.2, -0.15) is 0 Å². The zero-order valence-electron chi connectivity index (χ0n) is 9.64. The zero-order valence-corrected chi connectivity index (χ0v) is 10.4. The predicted octanol–water partition coefficient (Wildman–Crippen LogP) is 2.59. The summed E-state index contributed by atoms with van der Waals surface area (Å²) in [5.41, 5.74) is 1.80. The molecule has 16 heavy (non-hydrogen) atoms. The average Bonchev–Trinajstić information content (AvgIpc) is 2.24. The molecule has 1 aromatic carbocycles. The second-order valence-corrected chi connectivity index (χ2v) is 4.05. The van der Waals surface area contributed by atoms with Gasteiger partial charge in [-0.3, -0.25) is 4.79 Å². The van der Waals surface area contributed by atoms with Crippen LogP contribution in [0.2, 0.25) is 5.02 Å². The van der Waals surface area contributed by atoms with E-state index >= 15 is 0 Å². The Morgan fingerprint density at radius 2 is 2.19 bits per heavy atom. The topological polar surface area (TPSA) is 41.1 Å². The number of benzene rings is 1. The van der Waals surface area contributed by atoms with E-state index in [4.69, 9.17) is 11.6 Å². The summed E-state index contributed by atoms with van der Waals surface area (Å²) in [5, 5.41) is 6.58. The number of hydrogen-bond acceptors (Lipinski definition) is 2. The van der Waals surface area contributed by atoms with Crippen molar-refractivity contribution in [2.24, 2.45) is 0 Å². The molecule has 4 heteroatoms. The van der Waals surface area contributed by atoms with Crippen LogP contribution in [0.15, 0.2) is 18.2 Å². The molecule has 0 aliphatic heterocycles. The van der Waals surface area contributed by atoms with Crippen molar-refractivity contribution in [3.05, 3.63) is 28.8 Å². The van der Waals surface area contributed by atoms with Crippen molar-refractivity contribution < 1.29 is 4.79 Å². The van der Waals surface area contributed by atoms with Crippen molar-refractivity contribution in [2.75, 3.05) is 18.4 Å². The van der Waals surface area contributed by atoms with Crippen LogP contribution in [0.5, 0.6) is 0 Å². The van der Waals surface area contributed by atoms with Gasteiger partial charge in [0.25, 0.3) is 0 Å². The molecule has 0 saturated heterocycles. The third-order valence-electron chi connectivity index (χ3n) is 2.25. The van der Waals surface area contributed by atoms with E-state index in [9.17, 15) is 4.79 Å². The number of nitrogens with one attached hydrogen (secondary N) is 2. The van der Waals surface area contributed by atoms with Crippen molar-refractivity contribution in [3.8, 4) is 0 Å². The van der Waals surface area contributed by atoms with Gasteiger partial charge in [0.1, 0.15) is 0 Å². The van der Waals surface area contributed by atoms with Crippen LogP contribution in [0.3, 0.4) is 0 Å². The minimum absolute atomic E-state index is 0.00585. The molecule has 3 nitrogen and oxygen atoms in total. The molecule has 88 valence electrons. The highest BCUT2D eigenvalue weighted by Gasteiger charge is 2.04. The maximum absolute atomic E-state index is 11.6. The Balaban J connectivity index is 2.52. The predicted molar refractivity (Wildman–Crippen MR) is 68.0 cm³/mol. The molecule has 0 unspecified atom stereocenters. The standard InChI is InChI=1S/C12H17ClN2O/c1-3-14-7-6-12(16)15-11-8-10(13)5-4-9(11)2/h4-5,8,14H,3,6-7H2,1-2H3,(H,15,16). The second kappa shape index (κ2) is 6.51. The fourth-order valence-corrected chi connectivity index (χ4v) is 1.49. The molecule has 0 heterocycles. The Hall–Kier alpha value is -1.06. The van der Waals surface area contributed by atoms with Crippen LogP contribution in [-0.2, 0) is 4.79 Å². The van der Waals surface area contributed by atoms with E-state index < -0.39 is 0 Å². The summed E-state index contributed by atoms with van der Waals surface area (Å²) in [7, 11) is 0. The van der Waals surface area contributed by atoms with E-state index in [1.165, 1.54) is 0 Å². The summed E-state index contributed by atoms with van der Waals surface area (Å²) < 4.78 is 0. The van der Waals surface area contributed by atoms with Crippen LogP contribution in [-0.4, -0.2) is 19.0 Å². The molecule has 0 atom stereocenters. The smallest absolute Gasteiger partial charge is 0.225 e. The summed E-state index contributed by atoms with van der Waals surface area (Å²) in [6.45, 7) is 5.53. The van der Waals surface area contributed by atoms with Crippen molar-refractivity contribution in [1.82, 2.24) is 5.32 Å². The Morgan fingerprint density at radius 3 is 2.88 bits per heavy atom. The summed E-state index contributed by atoms with van der Waals surface area (Å²) in [5.74, 6) is 0.00585. The van der Waals surface area contributed by atoms with Gasteiger partial charge < -0.3 is 10.6 Å². The molecule has 1 amide bonds. The number of amides is 1. The van der Waals surface area contributed by atoms with Gasteiger partial charge in [0.05, 0.1) is 0 Å². The van der Waals surface area contributed by atoms with Gasteiger partial charge in [-0.25, -0.2) is 0 Å². The van der Waals surface area contributed by atoms with Crippen LogP contribution in [0.4, 0.5) is 5.69 Å². The highest BCUT2D eigenvalue weighted by atomic mass is 35.5. The maximum Gasteiger partial charge on any atom is 0.225 e. The van der Waals surface area contributed by atoms with E-state index in [1.54, 1.807) is 6.07 Å². The highest BCUT2D eigenvalue weighted by molar-refractivity contribution is 6.31. The molecule has 0 radical (unpaired) electrons. The third kappa shape index (κ3) is 4.21. The van der Waals surface area contributed by atoms with Crippen LogP contribution < -0.4 is 10.6 Å². The molecule has 0 spiro atoms. The number of carbonyl (C=O) groups excluding carboxylic acids is 1. The Morgan fingerprint density at radius 1 is 1.44 bits per heavy atom. The minimum atomic E-state index is 0.00585. The number of hydrogen-bond donors (Lipinski definition) is 2. The van der Waals surface area contributed by atoms with Gasteiger partial charge in [-0.05, 0) is 31.2 Å². The highest BCUT2D eigenvalue weighted by Crippen LogP contribution is 2.20. The lowest BCUT2D eigenvalue weighted by Gasteiger charge is -2.08. The molecule has 0 aliphatic rings. The summed E-state index contributed by atoms with van der Waals surface area (Å²) in [6.07, 6.45) is 0.472. The summed E-state index contributed by atoms with van der Waals surface area (Å²) in [4.78, 5) is 11.6. The van der Waals surface area contributed by atoms with Gasteiger partial charge in [0.2, 0.25) is 5.91 Å². The Labute approximate surface area is 101 Å². The van der Waals surface area contributed by atoms with Gasteiger partial charge in [-0.1, -0.05) is 24.6 Å². The first-order chi connectivity index (χ1) is 7.63. The van der Waals surface area contributed by atoms with Gasteiger partial charge in [0.15, 0.2) is 0 Å². The lowest BCUT2D eigenvalue weighted by Crippen LogP contribution is -2.21. The maximum atomic E-state index is 11.6. The van der Waals surface area contributed by atoms with Gasteiger partial charge >= 0.3 is 0 Å². The molecule has 0 aliphatic carbocycles. The monoisotopic (exact) mass is 240 g/mol. The third-order valence-corrected chi connectivity index (χ3v) is 2.49. The SMILES string of the molecule is CCNCCC(=O)Nc1cc(Cl)ccc1C. The van der Waals surface area contributed by atoms with Crippen LogP contribution in [0, 0.1) is 6.92 Å². The first-order valence-corrected chi connectivity index (χ1v) is 5.78. The molecule has 0 fully saturated rings. The van der Waals surface area contributed by atoms with Crippen LogP contribution in [0.1, 0.15) is 18.9 Å². The fraction of sp³-hybridized carbons (Fsp3) is 0.417. The van der Waals surface area contributed by atoms with Crippen molar-refractivity contribution in [3.63, 3.8) is 0 Å². The molecule has 1 aromatic rings.